The van der Waals surface area contributed by atoms with Crippen molar-refractivity contribution in [1.29, 1.82) is 0 Å². The number of rotatable bonds is 10. The van der Waals surface area contributed by atoms with E-state index in [-0.39, 0.29) is 23.6 Å². The molecule has 0 bridgehead atoms. The third-order valence-corrected chi connectivity index (χ3v) is 9.04. The van der Waals surface area contributed by atoms with Gasteiger partial charge in [-0.1, -0.05) is 59.9 Å². The summed E-state index contributed by atoms with van der Waals surface area (Å²) in [5.74, 6) is 0.774. The quantitative estimate of drug-likeness (QED) is 0.212. The van der Waals surface area contributed by atoms with Crippen molar-refractivity contribution < 1.29 is 33.3 Å². The Balaban J connectivity index is 1.30. The lowest BCUT2D eigenvalue weighted by atomic mass is 9.95. The van der Waals surface area contributed by atoms with E-state index in [1.54, 1.807) is 49.4 Å². The van der Waals surface area contributed by atoms with E-state index in [0.717, 1.165) is 10.8 Å². The summed E-state index contributed by atoms with van der Waals surface area (Å²) in [4.78, 5) is 44.9. The Morgan fingerprint density at radius 2 is 1.59 bits per heavy atom. The van der Waals surface area contributed by atoms with Gasteiger partial charge in [0.25, 0.3) is 11.5 Å². The average Bonchev–Trinajstić information content (AvgIpc) is 3.43. The predicted molar refractivity (Wildman–Crippen MR) is 186 cm³/mol. The third kappa shape index (κ3) is 6.50. The molecule has 0 fully saturated rings. The van der Waals surface area contributed by atoms with Crippen molar-refractivity contribution in [3.63, 3.8) is 0 Å². The van der Waals surface area contributed by atoms with E-state index in [1.165, 1.54) is 44.3 Å². The molecule has 0 unspecified atom stereocenters. The van der Waals surface area contributed by atoms with Gasteiger partial charge in [0.05, 0.1) is 50.3 Å². The molecular formula is C37H33N3O8S. The van der Waals surface area contributed by atoms with Crippen LogP contribution in [0.2, 0.25) is 0 Å². The van der Waals surface area contributed by atoms with E-state index in [2.05, 4.69) is 10.3 Å². The largest absolute Gasteiger partial charge is 0.493 e. The van der Waals surface area contributed by atoms with Crippen LogP contribution in [0, 0.1) is 0 Å². The number of benzene rings is 4. The first-order valence-corrected chi connectivity index (χ1v) is 16.0. The summed E-state index contributed by atoms with van der Waals surface area (Å²) in [6.45, 7) is 1.47. The maximum Gasteiger partial charge on any atom is 0.338 e. The van der Waals surface area contributed by atoms with Gasteiger partial charge in [0.1, 0.15) is 0 Å². The number of esters is 1. The van der Waals surface area contributed by atoms with Crippen LogP contribution in [-0.2, 0) is 14.3 Å². The average molecular weight is 680 g/mol. The summed E-state index contributed by atoms with van der Waals surface area (Å²) in [5.41, 5.74) is 2.29. The van der Waals surface area contributed by atoms with E-state index in [1.807, 2.05) is 42.5 Å². The first-order chi connectivity index (χ1) is 23.8. The number of aromatic nitrogens is 1. The molecule has 1 amide bonds. The van der Waals surface area contributed by atoms with Crippen molar-refractivity contribution in [2.75, 3.05) is 40.4 Å². The number of carbonyl (C=O) groups is 2. The molecule has 0 saturated heterocycles. The summed E-state index contributed by atoms with van der Waals surface area (Å²) in [6.07, 6.45) is 1.71. The molecule has 11 nitrogen and oxygen atoms in total. The van der Waals surface area contributed by atoms with Crippen LogP contribution >= 0.6 is 11.3 Å². The zero-order chi connectivity index (χ0) is 34.7. The SMILES string of the molecule is COC(=O)C1=C(C)N=c2s/c(=C/c3ccc(OCC(=O)Nc4cccc5ccccc45)c(OC)c3)c(=O)n2[C@@H]1c1ccc(OC)c(OC)c1. The molecule has 250 valence electrons. The molecule has 1 atom stereocenters. The molecule has 1 N–H and O–H groups in total. The first-order valence-electron chi connectivity index (χ1n) is 15.2. The lowest BCUT2D eigenvalue weighted by molar-refractivity contribution is -0.136. The second kappa shape index (κ2) is 14.1. The van der Waals surface area contributed by atoms with Gasteiger partial charge in [-0.25, -0.2) is 9.79 Å². The molecule has 0 spiro atoms. The number of fused-ring (bicyclic) bond motifs is 2. The zero-order valence-electron chi connectivity index (χ0n) is 27.4. The van der Waals surface area contributed by atoms with Gasteiger partial charge in [0.15, 0.2) is 34.4 Å². The fourth-order valence-corrected chi connectivity index (χ4v) is 6.79. The van der Waals surface area contributed by atoms with E-state index < -0.39 is 12.0 Å². The van der Waals surface area contributed by atoms with Crippen LogP contribution in [0.5, 0.6) is 23.0 Å². The van der Waals surface area contributed by atoms with Crippen molar-refractivity contribution in [3.05, 3.63) is 121 Å². The van der Waals surface area contributed by atoms with Gasteiger partial charge in [-0.2, -0.15) is 0 Å². The highest BCUT2D eigenvalue weighted by Gasteiger charge is 2.33. The van der Waals surface area contributed by atoms with Gasteiger partial charge in [-0.15, -0.1) is 0 Å². The number of hydrogen-bond acceptors (Lipinski definition) is 10. The smallest absolute Gasteiger partial charge is 0.338 e. The van der Waals surface area contributed by atoms with E-state index >= 15 is 0 Å². The highest BCUT2D eigenvalue weighted by Crippen LogP contribution is 2.36. The minimum Gasteiger partial charge on any atom is -0.493 e. The van der Waals surface area contributed by atoms with Crippen molar-refractivity contribution in [2.24, 2.45) is 4.99 Å². The molecule has 0 aliphatic carbocycles. The third-order valence-electron chi connectivity index (χ3n) is 8.06. The van der Waals surface area contributed by atoms with Gasteiger partial charge in [0.2, 0.25) is 0 Å². The normalized spacial score (nSPS) is 14.1. The van der Waals surface area contributed by atoms with E-state index in [0.29, 0.717) is 54.8 Å². The van der Waals surface area contributed by atoms with E-state index in [4.69, 9.17) is 23.7 Å². The molecule has 1 aliphatic rings. The van der Waals surface area contributed by atoms with E-state index in [9.17, 15) is 14.4 Å². The molecule has 4 aromatic carbocycles. The molecule has 1 aliphatic heterocycles. The van der Waals surface area contributed by atoms with Crippen LogP contribution in [0.1, 0.15) is 24.1 Å². The molecule has 49 heavy (non-hydrogen) atoms. The minimum atomic E-state index is -0.823. The first kappa shape index (κ1) is 33.0. The Morgan fingerprint density at radius 1 is 0.878 bits per heavy atom. The summed E-state index contributed by atoms with van der Waals surface area (Å²) in [7, 11) is 5.83. The molecule has 0 radical (unpaired) electrons. The summed E-state index contributed by atoms with van der Waals surface area (Å²) < 4.78 is 29.3. The van der Waals surface area contributed by atoms with Gasteiger partial charge < -0.3 is 29.0 Å². The fourth-order valence-electron chi connectivity index (χ4n) is 5.74. The number of amides is 1. The lowest BCUT2D eigenvalue weighted by Gasteiger charge is -2.25. The maximum absolute atomic E-state index is 14.0. The number of nitrogens with zero attached hydrogens (tertiary/aromatic N) is 2. The van der Waals surface area contributed by atoms with Gasteiger partial charge in [-0.05, 0) is 59.8 Å². The second-order valence-electron chi connectivity index (χ2n) is 11.0. The van der Waals surface area contributed by atoms with Crippen molar-refractivity contribution in [3.8, 4) is 23.0 Å². The van der Waals surface area contributed by atoms with Crippen LogP contribution in [0.3, 0.4) is 0 Å². The molecule has 12 heteroatoms. The Morgan fingerprint density at radius 3 is 2.35 bits per heavy atom. The number of hydrogen-bond donors (Lipinski definition) is 1. The fraction of sp³-hybridized carbons (Fsp3) is 0.189. The molecular weight excluding hydrogens is 646 g/mol. The Hall–Kier alpha value is -5.88. The molecule has 2 heterocycles. The zero-order valence-corrected chi connectivity index (χ0v) is 28.3. The highest BCUT2D eigenvalue weighted by molar-refractivity contribution is 7.07. The van der Waals surface area contributed by atoms with Gasteiger partial charge in [-0.3, -0.25) is 14.2 Å². The number of ether oxygens (including phenoxy) is 5. The number of nitrogens with one attached hydrogen (secondary N) is 1. The number of allylic oxidation sites excluding steroid dienone is 1. The summed E-state index contributed by atoms with van der Waals surface area (Å²) in [5, 5.41) is 4.85. The number of carbonyl (C=O) groups excluding carboxylic acids is 2. The standard InChI is InChI=1S/C37H33N3O8S/c1-21-33(36(43)47-5)34(24-14-16-27(44-2)30(19-24)46-4)40-35(42)31(49-37(40)38-21)18-22-13-15-28(29(17-22)45-3)48-20-32(41)39-26-12-8-10-23-9-6-7-11-25(23)26/h6-19,34H,20H2,1-5H3,(H,39,41)/b31-18+/t34-/m1/s1. The van der Waals surface area contributed by atoms with Gasteiger partial charge >= 0.3 is 5.97 Å². The molecule has 5 aromatic rings. The predicted octanol–water partition coefficient (Wildman–Crippen LogP) is 4.60. The molecule has 0 saturated carbocycles. The minimum absolute atomic E-state index is 0.237. The summed E-state index contributed by atoms with van der Waals surface area (Å²) >= 11 is 1.19. The van der Waals surface area contributed by atoms with Gasteiger partial charge in [0, 0.05) is 11.1 Å². The Labute approximate surface area is 285 Å². The van der Waals surface area contributed by atoms with Crippen LogP contribution in [0.15, 0.2) is 99.9 Å². The Kier molecular flexibility index (Phi) is 9.49. The van der Waals surface area contributed by atoms with Crippen LogP contribution in [-0.4, -0.2) is 51.5 Å². The second-order valence-corrected chi connectivity index (χ2v) is 12.0. The van der Waals surface area contributed by atoms with Crippen molar-refractivity contribution in [2.45, 2.75) is 13.0 Å². The molecule has 1 aromatic heterocycles. The number of methoxy groups -OCH3 is 4. The highest BCUT2D eigenvalue weighted by atomic mass is 32.1. The lowest BCUT2D eigenvalue weighted by Crippen LogP contribution is -2.39. The number of anilines is 1. The maximum atomic E-state index is 14.0. The molecule has 6 rings (SSSR count). The topological polar surface area (TPSA) is 127 Å². The van der Waals surface area contributed by atoms with Crippen LogP contribution in [0.4, 0.5) is 5.69 Å². The van der Waals surface area contributed by atoms with Crippen LogP contribution in [0.25, 0.3) is 16.8 Å². The van der Waals surface area contributed by atoms with Crippen LogP contribution < -0.4 is 39.2 Å². The monoisotopic (exact) mass is 679 g/mol. The Bertz CT molecular complexity index is 2300. The van der Waals surface area contributed by atoms with Crippen molar-refractivity contribution >= 4 is 45.7 Å². The summed E-state index contributed by atoms with van der Waals surface area (Å²) in [6, 6.07) is 23.0. The van der Waals surface area contributed by atoms with Crippen molar-refractivity contribution in [1.82, 2.24) is 4.57 Å². The number of thiazole rings is 1.